The zero-order chi connectivity index (χ0) is 20.9. The summed E-state index contributed by atoms with van der Waals surface area (Å²) in [7, 11) is -2.63. The molecule has 0 spiro atoms. The maximum Gasteiger partial charge on any atom is 0.254 e. The van der Waals surface area contributed by atoms with Gasteiger partial charge >= 0.3 is 0 Å². The molecular weight excluding hydrogens is 393 g/mol. The Hall–Kier alpha value is -3.23. The van der Waals surface area contributed by atoms with Crippen LogP contribution < -0.4 is 10.4 Å². The van der Waals surface area contributed by atoms with E-state index in [2.05, 4.69) is 5.43 Å². The molecule has 0 saturated carbocycles. The van der Waals surface area contributed by atoms with E-state index in [0.29, 0.717) is 0 Å². The summed E-state index contributed by atoms with van der Waals surface area (Å²) in [6.07, 6.45) is 0. The Morgan fingerprint density at radius 1 is 0.862 bits per heavy atom. The second kappa shape index (κ2) is 8.85. The molecule has 0 unspecified atom stereocenters. The van der Waals surface area contributed by atoms with Gasteiger partial charge in [0.2, 0.25) is 10.0 Å². The SMILES string of the molecule is CN(CC(=O)NN(c1ccccc1)c1ccccc1)S(=O)(=O)c1ccc(F)cc1. The standard InChI is InChI=1S/C21H20FN3O3S/c1-24(29(27,28)20-14-12-17(22)13-15-20)16-21(26)23-25(18-8-4-2-5-9-18)19-10-6-3-7-11-19/h2-15H,16H2,1H3,(H,23,26). The number of hydrogen-bond acceptors (Lipinski definition) is 4. The number of sulfonamides is 1. The first kappa shape index (κ1) is 20.5. The third-order valence-corrected chi connectivity index (χ3v) is 5.97. The van der Waals surface area contributed by atoms with Gasteiger partial charge in [0.1, 0.15) is 5.82 Å². The van der Waals surface area contributed by atoms with Gasteiger partial charge in [-0.2, -0.15) is 4.31 Å². The molecule has 8 heteroatoms. The summed E-state index contributed by atoms with van der Waals surface area (Å²) >= 11 is 0. The molecular formula is C21H20FN3O3S. The van der Waals surface area contributed by atoms with Crippen molar-refractivity contribution in [3.63, 3.8) is 0 Å². The summed E-state index contributed by atoms with van der Waals surface area (Å²) < 4.78 is 39.2. The van der Waals surface area contributed by atoms with Crippen LogP contribution in [-0.2, 0) is 14.8 Å². The number of para-hydroxylation sites is 2. The predicted molar refractivity (Wildman–Crippen MR) is 109 cm³/mol. The van der Waals surface area contributed by atoms with Gasteiger partial charge in [-0.3, -0.25) is 15.2 Å². The van der Waals surface area contributed by atoms with Gasteiger partial charge in [0.25, 0.3) is 5.91 Å². The molecule has 3 aromatic carbocycles. The number of likely N-dealkylation sites (N-methyl/N-ethyl adjacent to an activating group) is 1. The molecule has 1 N–H and O–H groups in total. The van der Waals surface area contributed by atoms with Gasteiger partial charge in [0.15, 0.2) is 0 Å². The van der Waals surface area contributed by atoms with Gasteiger partial charge in [-0.15, -0.1) is 0 Å². The van der Waals surface area contributed by atoms with Gasteiger partial charge in [0, 0.05) is 7.05 Å². The highest BCUT2D eigenvalue weighted by molar-refractivity contribution is 7.89. The largest absolute Gasteiger partial charge is 0.272 e. The molecule has 150 valence electrons. The number of amides is 1. The summed E-state index contributed by atoms with van der Waals surface area (Å²) in [5.74, 6) is -1.06. The Bertz CT molecular complexity index is 1020. The zero-order valence-corrected chi connectivity index (χ0v) is 16.5. The van der Waals surface area contributed by atoms with Crippen LogP contribution in [0.5, 0.6) is 0 Å². The normalized spacial score (nSPS) is 11.3. The first-order valence-electron chi connectivity index (χ1n) is 8.79. The molecule has 3 aromatic rings. The third kappa shape index (κ3) is 4.98. The van der Waals surface area contributed by atoms with Crippen LogP contribution in [0, 0.1) is 5.82 Å². The number of nitrogens with zero attached hydrogens (tertiary/aromatic N) is 2. The molecule has 0 saturated heterocycles. The summed E-state index contributed by atoms with van der Waals surface area (Å²) in [5, 5.41) is 1.58. The Labute approximate surface area is 169 Å². The van der Waals surface area contributed by atoms with Crippen LogP contribution in [0.3, 0.4) is 0 Å². The van der Waals surface area contributed by atoms with Crippen LogP contribution in [0.2, 0.25) is 0 Å². The monoisotopic (exact) mass is 413 g/mol. The Kier molecular flexibility index (Phi) is 6.26. The van der Waals surface area contributed by atoms with E-state index in [4.69, 9.17) is 0 Å². The topological polar surface area (TPSA) is 69.7 Å². The van der Waals surface area contributed by atoms with E-state index in [1.165, 1.54) is 19.2 Å². The number of rotatable bonds is 7. The molecule has 0 aliphatic heterocycles. The van der Waals surface area contributed by atoms with E-state index in [-0.39, 0.29) is 4.90 Å². The van der Waals surface area contributed by atoms with Crippen LogP contribution in [0.25, 0.3) is 0 Å². The van der Waals surface area contributed by atoms with E-state index < -0.39 is 28.3 Å². The number of nitrogens with one attached hydrogen (secondary N) is 1. The maximum atomic E-state index is 13.1. The second-order valence-electron chi connectivity index (χ2n) is 6.26. The van der Waals surface area contributed by atoms with E-state index in [1.54, 1.807) is 5.01 Å². The molecule has 0 atom stereocenters. The van der Waals surface area contributed by atoms with E-state index >= 15 is 0 Å². The zero-order valence-electron chi connectivity index (χ0n) is 15.7. The lowest BCUT2D eigenvalue weighted by Gasteiger charge is -2.26. The Morgan fingerprint density at radius 2 is 1.34 bits per heavy atom. The fourth-order valence-electron chi connectivity index (χ4n) is 2.67. The molecule has 0 aliphatic carbocycles. The van der Waals surface area contributed by atoms with Crippen molar-refractivity contribution in [2.75, 3.05) is 18.6 Å². The molecule has 0 radical (unpaired) electrons. The highest BCUT2D eigenvalue weighted by Crippen LogP contribution is 2.22. The number of carbonyl (C=O) groups excluding carboxylic acids is 1. The molecule has 6 nitrogen and oxygen atoms in total. The van der Waals surface area contributed by atoms with Crippen LogP contribution in [0.1, 0.15) is 0 Å². The number of hydrogen-bond donors (Lipinski definition) is 1. The van der Waals surface area contributed by atoms with Crippen molar-refractivity contribution in [3.05, 3.63) is 90.7 Å². The lowest BCUT2D eigenvalue weighted by Crippen LogP contribution is -2.45. The van der Waals surface area contributed by atoms with Gasteiger partial charge in [-0.1, -0.05) is 36.4 Å². The predicted octanol–water partition coefficient (Wildman–Crippen LogP) is 3.32. The van der Waals surface area contributed by atoms with Crippen molar-refractivity contribution in [1.82, 2.24) is 9.73 Å². The molecule has 29 heavy (non-hydrogen) atoms. The second-order valence-corrected chi connectivity index (χ2v) is 8.30. The first-order chi connectivity index (χ1) is 13.9. The minimum atomic E-state index is -3.93. The van der Waals surface area contributed by atoms with Crippen LogP contribution in [0.4, 0.5) is 15.8 Å². The van der Waals surface area contributed by atoms with Gasteiger partial charge < -0.3 is 0 Å². The van der Waals surface area contributed by atoms with Crippen molar-refractivity contribution in [3.8, 4) is 0 Å². The summed E-state index contributed by atoms with van der Waals surface area (Å²) in [5.41, 5.74) is 4.18. The number of benzene rings is 3. The Morgan fingerprint density at radius 3 is 1.83 bits per heavy atom. The average molecular weight is 413 g/mol. The quantitative estimate of drug-likeness (QED) is 0.604. The molecule has 1 amide bonds. The van der Waals surface area contributed by atoms with E-state index in [0.717, 1.165) is 27.8 Å². The molecule has 0 bridgehead atoms. The van der Waals surface area contributed by atoms with Gasteiger partial charge in [-0.25, -0.2) is 12.8 Å². The number of hydrazine groups is 1. The van der Waals surface area contributed by atoms with Crippen molar-refractivity contribution in [2.24, 2.45) is 0 Å². The molecule has 0 heterocycles. The van der Waals surface area contributed by atoms with Crippen molar-refractivity contribution < 1.29 is 17.6 Å². The van der Waals surface area contributed by atoms with Gasteiger partial charge in [0.05, 0.1) is 22.8 Å². The highest BCUT2D eigenvalue weighted by Gasteiger charge is 2.24. The number of carbonyl (C=O) groups is 1. The number of halogens is 1. The van der Waals surface area contributed by atoms with Gasteiger partial charge in [-0.05, 0) is 48.5 Å². The molecule has 3 rings (SSSR count). The van der Waals surface area contributed by atoms with Crippen LogP contribution in [0.15, 0.2) is 89.8 Å². The third-order valence-electron chi connectivity index (χ3n) is 4.15. The summed E-state index contributed by atoms with van der Waals surface area (Å²) in [6, 6.07) is 22.8. The highest BCUT2D eigenvalue weighted by atomic mass is 32.2. The summed E-state index contributed by atoms with van der Waals surface area (Å²) in [6.45, 7) is -0.407. The van der Waals surface area contributed by atoms with Crippen molar-refractivity contribution in [2.45, 2.75) is 4.90 Å². The first-order valence-corrected chi connectivity index (χ1v) is 10.2. The fourth-order valence-corrected chi connectivity index (χ4v) is 3.79. The average Bonchev–Trinajstić information content (AvgIpc) is 2.73. The van der Waals surface area contributed by atoms with Crippen LogP contribution in [-0.4, -0.2) is 32.2 Å². The minimum absolute atomic E-state index is 0.0859. The molecule has 0 aliphatic rings. The lowest BCUT2D eigenvalue weighted by molar-refractivity contribution is -0.121. The van der Waals surface area contributed by atoms with E-state index in [9.17, 15) is 17.6 Å². The van der Waals surface area contributed by atoms with Crippen LogP contribution >= 0.6 is 0 Å². The Balaban J connectivity index is 1.77. The maximum absolute atomic E-state index is 13.1. The van der Waals surface area contributed by atoms with Crippen molar-refractivity contribution >= 4 is 27.3 Å². The van der Waals surface area contributed by atoms with E-state index in [1.807, 2.05) is 60.7 Å². The lowest BCUT2D eigenvalue weighted by atomic mass is 10.2. The molecule has 0 fully saturated rings. The summed E-state index contributed by atoms with van der Waals surface area (Å²) in [4.78, 5) is 12.5. The molecule has 0 aromatic heterocycles. The fraction of sp³-hybridized carbons (Fsp3) is 0.0952. The smallest absolute Gasteiger partial charge is 0.254 e. The number of anilines is 2. The van der Waals surface area contributed by atoms with Crippen molar-refractivity contribution in [1.29, 1.82) is 0 Å². The minimum Gasteiger partial charge on any atom is -0.272 e.